The molecule has 1 atom stereocenters. The van der Waals surface area contributed by atoms with Crippen LogP contribution in [0.3, 0.4) is 0 Å². The number of rotatable bonds is 7. The number of benzene rings is 1. The highest BCUT2D eigenvalue weighted by atomic mass is 35.5. The first kappa shape index (κ1) is 21.0. The molecular formula is C18H20ClN3O4S. The third kappa shape index (κ3) is 5.11. The molecule has 0 fully saturated rings. The van der Waals surface area contributed by atoms with Crippen molar-refractivity contribution in [2.75, 3.05) is 19.1 Å². The van der Waals surface area contributed by atoms with Gasteiger partial charge in [-0.05, 0) is 37.5 Å². The van der Waals surface area contributed by atoms with Gasteiger partial charge in [0.25, 0.3) is 5.91 Å². The number of methoxy groups -OCH3 is 1. The van der Waals surface area contributed by atoms with Crippen LogP contribution >= 0.6 is 23.4 Å². The predicted molar refractivity (Wildman–Crippen MR) is 106 cm³/mol. The van der Waals surface area contributed by atoms with Crippen molar-refractivity contribution in [3.05, 3.63) is 57.0 Å². The van der Waals surface area contributed by atoms with E-state index in [2.05, 4.69) is 10.4 Å². The molecule has 1 aromatic heterocycles. The Hall–Kier alpha value is -2.32. The maximum atomic E-state index is 12.6. The smallest absolute Gasteiger partial charge is 0.328 e. The van der Waals surface area contributed by atoms with E-state index in [9.17, 15) is 14.4 Å². The monoisotopic (exact) mass is 409 g/mol. The Bertz CT molecular complexity index is 900. The summed E-state index contributed by atoms with van der Waals surface area (Å²) in [6.45, 7) is 1.69. The Morgan fingerprint density at radius 1 is 1.37 bits per heavy atom. The number of para-hydroxylation sites is 1. The van der Waals surface area contributed by atoms with Gasteiger partial charge in [-0.15, -0.1) is 0 Å². The standard InChI is InChI=1S/C18H20ClN3O4S/c1-11-10-15(23)16(21-22(11)14-7-5-4-6-12(14)19)17(24)20-13(8-9-27-3)18(25)26-2/h4-7,10,13H,8-9H2,1-3H3,(H,20,24)/t13-/m1/s1. The number of aryl methyl sites for hydroxylation is 1. The van der Waals surface area contributed by atoms with E-state index in [0.29, 0.717) is 28.6 Å². The molecule has 1 heterocycles. The van der Waals surface area contributed by atoms with Crippen LogP contribution in [0.5, 0.6) is 0 Å². The second kappa shape index (κ2) is 9.57. The van der Waals surface area contributed by atoms with E-state index in [4.69, 9.17) is 16.3 Å². The van der Waals surface area contributed by atoms with Crippen LogP contribution in [0.2, 0.25) is 5.02 Å². The number of halogens is 1. The molecule has 0 radical (unpaired) electrons. The van der Waals surface area contributed by atoms with E-state index >= 15 is 0 Å². The molecule has 2 rings (SSSR count). The molecular weight excluding hydrogens is 390 g/mol. The number of ether oxygens (including phenoxy) is 1. The van der Waals surface area contributed by atoms with Gasteiger partial charge in [0, 0.05) is 11.8 Å². The van der Waals surface area contributed by atoms with Crippen molar-refractivity contribution in [2.24, 2.45) is 0 Å². The van der Waals surface area contributed by atoms with Crippen LogP contribution in [0.15, 0.2) is 35.1 Å². The highest BCUT2D eigenvalue weighted by Gasteiger charge is 2.24. The van der Waals surface area contributed by atoms with Gasteiger partial charge in [-0.1, -0.05) is 23.7 Å². The van der Waals surface area contributed by atoms with Gasteiger partial charge < -0.3 is 10.1 Å². The zero-order valence-corrected chi connectivity index (χ0v) is 16.8. The van der Waals surface area contributed by atoms with Crippen molar-refractivity contribution < 1.29 is 14.3 Å². The molecule has 0 aliphatic rings. The predicted octanol–water partition coefficient (Wildman–Crippen LogP) is 2.22. The molecule has 0 unspecified atom stereocenters. The number of esters is 1. The first-order chi connectivity index (χ1) is 12.9. The van der Waals surface area contributed by atoms with Crippen LogP contribution in [-0.2, 0) is 9.53 Å². The number of amides is 1. The van der Waals surface area contributed by atoms with Crippen molar-refractivity contribution in [3.63, 3.8) is 0 Å². The molecule has 0 aliphatic carbocycles. The number of hydrogen-bond acceptors (Lipinski definition) is 6. The Balaban J connectivity index is 2.38. The molecule has 7 nitrogen and oxygen atoms in total. The maximum Gasteiger partial charge on any atom is 0.328 e. The van der Waals surface area contributed by atoms with Crippen LogP contribution < -0.4 is 10.7 Å². The van der Waals surface area contributed by atoms with E-state index in [-0.39, 0.29) is 5.69 Å². The minimum absolute atomic E-state index is 0.321. The van der Waals surface area contributed by atoms with Gasteiger partial charge in [-0.25, -0.2) is 9.48 Å². The number of aromatic nitrogens is 2. The third-order valence-corrected chi connectivity index (χ3v) is 4.77. The Labute approximate surface area is 166 Å². The molecule has 0 bridgehead atoms. The van der Waals surface area contributed by atoms with Gasteiger partial charge in [0.05, 0.1) is 17.8 Å². The second-order valence-electron chi connectivity index (χ2n) is 5.69. The lowest BCUT2D eigenvalue weighted by Gasteiger charge is -2.16. The van der Waals surface area contributed by atoms with Crippen molar-refractivity contribution in [2.45, 2.75) is 19.4 Å². The maximum absolute atomic E-state index is 12.6. The highest BCUT2D eigenvalue weighted by molar-refractivity contribution is 7.98. The third-order valence-electron chi connectivity index (χ3n) is 3.80. The molecule has 2 aromatic rings. The molecule has 1 N–H and O–H groups in total. The normalized spacial score (nSPS) is 11.7. The molecule has 0 saturated heterocycles. The SMILES string of the molecule is COC(=O)[C@@H](CCSC)NC(=O)c1nn(-c2ccccc2Cl)c(C)cc1=O. The molecule has 0 aliphatic heterocycles. The van der Waals surface area contributed by atoms with Crippen LogP contribution in [0, 0.1) is 6.92 Å². The fourth-order valence-corrected chi connectivity index (χ4v) is 3.11. The number of nitrogens with one attached hydrogen (secondary N) is 1. The summed E-state index contributed by atoms with van der Waals surface area (Å²) in [4.78, 5) is 36.8. The van der Waals surface area contributed by atoms with Crippen molar-refractivity contribution in [3.8, 4) is 5.69 Å². The van der Waals surface area contributed by atoms with E-state index in [0.717, 1.165) is 0 Å². The van der Waals surface area contributed by atoms with Crippen molar-refractivity contribution >= 4 is 35.2 Å². The molecule has 144 valence electrons. The number of nitrogens with zero attached hydrogens (tertiary/aromatic N) is 2. The van der Waals surface area contributed by atoms with Crippen molar-refractivity contribution in [1.82, 2.24) is 15.1 Å². The quantitative estimate of drug-likeness (QED) is 0.705. The summed E-state index contributed by atoms with van der Waals surface area (Å²) >= 11 is 7.73. The summed E-state index contributed by atoms with van der Waals surface area (Å²) in [7, 11) is 1.25. The first-order valence-corrected chi connectivity index (χ1v) is 9.89. The fourth-order valence-electron chi connectivity index (χ4n) is 2.43. The molecule has 0 saturated carbocycles. The largest absolute Gasteiger partial charge is 0.467 e. The van der Waals surface area contributed by atoms with Gasteiger partial charge in [0.15, 0.2) is 5.69 Å². The molecule has 9 heteroatoms. The molecule has 27 heavy (non-hydrogen) atoms. The molecule has 0 spiro atoms. The lowest BCUT2D eigenvalue weighted by atomic mass is 10.2. The molecule has 1 aromatic carbocycles. The summed E-state index contributed by atoms with van der Waals surface area (Å²) in [6.07, 6.45) is 2.27. The van der Waals surface area contributed by atoms with Crippen LogP contribution in [0.25, 0.3) is 5.69 Å². The Kier molecular flexibility index (Phi) is 7.44. The summed E-state index contributed by atoms with van der Waals surface area (Å²) in [6, 6.07) is 7.40. The van der Waals surface area contributed by atoms with E-state index < -0.39 is 23.3 Å². The number of hydrogen-bond donors (Lipinski definition) is 1. The number of thioether (sulfide) groups is 1. The first-order valence-electron chi connectivity index (χ1n) is 8.12. The van der Waals surface area contributed by atoms with Gasteiger partial charge in [0.1, 0.15) is 6.04 Å². The van der Waals surface area contributed by atoms with Crippen LogP contribution in [-0.4, -0.2) is 46.8 Å². The number of carbonyl (C=O) groups excluding carboxylic acids is 2. The molecule has 1 amide bonds. The van der Waals surface area contributed by atoms with Crippen LogP contribution in [0.4, 0.5) is 0 Å². The Morgan fingerprint density at radius 2 is 2.07 bits per heavy atom. The zero-order valence-electron chi connectivity index (χ0n) is 15.2. The van der Waals surface area contributed by atoms with Gasteiger partial charge >= 0.3 is 5.97 Å². The summed E-state index contributed by atoms with van der Waals surface area (Å²) < 4.78 is 6.14. The highest BCUT2D eigenvalue weighted by Crippen LogP contribution is 2.19. The lowest BCUT2D eigenvalue weighted by molar-refractivity contribution is -0.142. The topological polar surface area (TPSA) is 90.3 Å². The van der Waals surface area contributed by atoms with Crippen molar-refractivity contribution in [1.29, 1.82) is 0 Å². The van der Waals surface area contributed by atoms with Gasteiger partial charge in [0.2, 0.25) is 5.43 Å². The van der Waals surface area contributed by atoms with E-state index in [1.165, 1.54) is 29.6 Å². The minimum Gasteiger partial charge on any atom is -0.467 e. The van der Waals surface area contributed by atoms with Gasteiger partial charge in [-0.3, -0.25) is 9.59 Å². The lowest BCUT2D eigenvalue weighted by Crippen LogP contribution is -2.44. The Morgan fingerprint density at radius 3 is 2.70 bits per heavy atom. The minimum atomic E-state index is -0.855. The average Bonchev–Trinajstić information content (AvgIpc) is 2.65. The average molecular weight is 410 g/mol. The van der Waals surface area contributed by atoms with E-state index in [1.54, 1.807) is 31.2 Å². The zero-order chi connectivity index (χ0) is 20.0. The van der Waals surface area contributed by atoms with E-state index in [1.807, 2.05) is 6.26 Å². The summed E-state index contributed by atoms with van der Waals surface area (Å²) in [5.41, 5.74) is 0.203. The van der Waals surface area contributed by atoms with Gasteiger partial charge in [-0.2, -0.15) is 16.9 Å². The summed E-state index contributed by atoms with van der Waals surface area (Å²) in [5, 5.41) is 7.13. The fraction of sp³-hybridized carbons (Fsp3) is 0.333. The van der Waals surface area contributed by atoms with Crippen LogP contribution in [0.1, 0.15) is 22.6 Å². The second-order valence-corrected chi connectivity index (χ2v) is 7.09. The number of carbonyl (C=O) groups is 2. The summed E-state index contributed by atoms with van der Waals surface area (Å²) in [5.74, 6) is -0.668.